The summed E-state index contributed by atoms with van der Waals surface area (Å²) in [5.74, 6) is -1.78. The zero-order chi connectivity index (χ0) is 27.8. The van der Waals surface area contributed by atoms with Crippen LogP contribution in [0.25, 0.3) is 0 Å². The number of ketones is 1. The largest absolute Gasteiger partial charge is 0.481 e. The highest BCUT2D eigenvalue weighted by Gasteiger charge is 2.23. The fourth-order valence-electron chi connectivity index (χ4n) is 3.36. The molecule has 0 atom stereocenters. The van der Waals surface area contributed by atoms with Crippen LogP contribution in [0.2, 0.25) is 0 Å². The van der Waals surface area contributed by atoms with E-state index >= 15 is 0 Å². The van der Waals surface area contributed by atoms with E-state index in [1.54, 1.807) is 30.5 Å². The molecule has 0 fully saturated rings. The van der Waals surface area contributed by atoms with Gasteiger partial charge in [0, 0.05) is 38.7 Å². The molecule has 7 N–H and O–H groups in total. The Labute approximate surface area is 220 Å². The highest BCUT2D eigenvalue weighted by Crippen LogP contribution is 2.08. The van der Waals surface area contributed by atoms with Gasteiger partial charge in [-0.15, -0.1) is 0 Å². The van der Waals surface area contributed by atoms with Gasteiger partial charge in [0.25, 0.3) is 5.91 Å². The van der Waals surface area contributed by atoms with Gasteiger partial charge in [-0.1, -0.05) is 18.2 Å². The number of amidine groups is 1. The molecule has 1 aliphatic rings. The van der Waals surface area contributed by atoms with E-state index in [0.717, 1.165) is 0 Å². The predicted octanol–water partition coefficient (Wildman–Crippen LogP) is -0.769. The SMILES string of the molecule is NC(N)=NCCCN(CC(=O)CCC(=O)O)C(=O)CN(Nc1ccccc1)C(=O)CNCCC1=NCC=N1. The van der Waals surface area contributed by atoms with Crippen molar-refractivity contribution in [3.63, 3.8) is 0 Å². The molecule has 1 aromatic rings. The van der Waals surface area contributed by atoms with E-state index in [4.69, 9.17) is 16.6 Å². The van der Waals surface area contributed by atoms with E-state index in [0.29, 0.717) is 37.5 Å². The third kappa shape index (κ3) is 12.1. The summed E-state index contributed by atoms with van der Waals surface area (Å²) in [6.45, 7) is 0.716. The van der Waals surface area contributed by atoms with E-state index in [1.165, 1.54) is 9.91 Å². The second kappa shape index (κ2) is 16.4. The number of nitrogens with zero attached hydrogens (tertiary/aromatic N) is 5. The zero-order valence-corrected chi connectivity index (χ0v) is 21.2. The third-order valence-corrected chi connectivity index (χ3v) is 5.25. The molecule has 14 heteroatoms. The molecule has 1 aliphatic heterocycles. The zero-order valence-electron chi connectivity index (χ0n) is 21.2. The Morgan fingerprint density at radius 3 is 2.47 bits per heavy atom. The summed E-state index contributed by atoms with van der Waals surface area (Å²) < 4.78 is 0. The Morgan fingerprint density at radius 1 is 1.05 bits per heavy atom. The molecule has 2 rings (SSSR count). The Balaban J connectivity index is 2.05. The summed E-state index contributed by atoms with van der Waals surface area (Å²) >= 11 is 0. The Kier molecular flexibility index (Phi) is 12.9. The van der Waals surface area contributed by atoms with E-state index < -0.39 is 23.6 Å². The molecule has 14 nitrogen and oxygen atoms in total. The summed E-state index contributed by atoms with van der Waals surface area (Å²) in [6.07, 6.45) is 2.10. The number of para-hydroxylation sites is 1. The number of rotatable bonds is 18. The van der Waals surface area contributed by atoms with E-state index in [-0.39, 0.29) is 51.5 Å². The first-order chi connectivity index (χ1) is 18.2. The van der Waals surface area contributed by atoms with Gasteiger partial charge in [-0.3, -0.25) is 34.6 Å². The number of nitrogens with one attached hydrogen (secondary N) is 2. The van der Waals surface area contributed by atoms with Crippen LogP contribution in [0.1, 0.15) is 25.7 Å². The second-order valence-corrected chi connectivity index (χ2v) is 8.36. The fourth-order valence-corrected chi connectivity index (χ4v) is 3.36. The number of hydrogen-bond donors (Lipinski definition) is 5. The number of guanidine groups is 1. The lowest BCUT2D eigenvalue weighted by Crippen LogP contribution is -2.49. The third-order valence-electron chi connectivity index (χ3n) is 5.25. The first-order valence-electron chi connectivity index (χ1n) is 12.2. The van der Waals surface area contributed by atoms with Crippen molar-refractivity contribution in [1.29, 1.82) is 0 Å². The summed E-state index contributed by atoms with van der Waals surface area (Å²) in [4.78, 5) is 62.9. The number of Topliss-reactive ketones (excluding diaryl/α,β-unsaturated/α-hetero) is 1. The van der Waals surface area contributed by atoms with Crippen LogP contribution in [0.5, 0.6) is 0 Å². The van der Waals surface area contributed by atoms with Gasteiger partial charge in [-0.25, -0.2) is 10.0 Å². The quantitative estimate of drug-likeness (QED) is 0.0699. The van der Waals surface area contributed by atoms with Crippen LogP contribution in [-0.2, 0) is 19.2 Å². The number of benzene rings is 1. The highest BCUT2D eigenvalue weighted by molar-refractivity contribution is 5.94. The average Bonchev–Trinajstić information content (AvgIpc) is 3.40. The van der Waals surface area contributed by atoms with Crippen molar-refractivity contribution in [3.05, 3.63) is 30.3 Å². The van der Waals surface area contributed by atoms with Gasteiger partial charge in [-0.2, -0.15) is 0 Å². The number of nitrogens with two attached hydrogens (primary N) is 2. The van der Waals surface area contributed by atoms with Gasteiger partial charge in [0.1, 0.15) is 12.4 Å². The average molecular weight is 530 g/mol. The summed E-state index contributed by atoms with van der Waals surface area (Å²) in [5.41, 5.74) is 14.2. The molecule has 206 valence electrons. The number of carboxylic acids is 1. The fraction of sp³-hybridized carbons (Fsp3) is 0.458. The van der Waals surface area contributed by atoms with Gasteiger partial charge in [-0.05, 0) is 18.6 Å². The molecule has 0 aliphatic carbocycles. The molecule has 0 radical (unpaired) electrons. The number of aliphatic imine (C=N–C) groups is 3. The Hall–Kier alpha value is -4.33. The summed E-state index contributed by atoms with van der Waals surface area (Å²) in [7, 11) is 0. The van der Waals surface area contributed by atoms with Crippen molar-refractivity contribution in [2.75, 3.05) is 51.2 Å². The van der Waals surface area contributed by atoms with Crippen molar-refractivity contribution in [2.45, 2.75) is 25.7 Å². The highest BCUT2D eigenvalue weighted by atomic mass is 16.4. The lowest BCUT2D eigenvalue weighted by atomic mass is 10.2. The molecule has 2 amide bonds. The van der Waals surface area contributed by atoms with Gasteiger partial charge < -0.3 is 26.8 Å². The van der Waals surface area contributed by atoms with Crippen LogP contribution in [0.15, 0.2) is 45.3 Å². The first-order valence-corrected chi connectivity index (χ1v) is 12.2. The summed E-state index contributed by atoms with van der Waals surface area (Å²) in [6, 6.07) is 8.88. The topological polar surface area (TPSA) is 208 Å². The molecular formula is C24H35N9O5. The summed E-state index contributed by atoms with van der Waals surface area (Å²) in [5, 5.41) is 13.1. The maximum atomic E-state index is 13.2. The van der Waals surface area contributed by atoms with Crippen LogP contribution in [0.3, 0.4) is 0 Å². The number of hydrazine groups is 1. The molecule has 38 heavy (non-hydrogen) atoms. The van der Waals surface area contributed by atoms with Crippen LogP contribution in [0.4, 0.5) is 5.69 Å². The van der Waals surface area contributed by atoms with Crippen molar-refractivity contribution in [3.8, 4) is 0 Å². The molecule has 0 saturated heterocycles. The normalized spacial score (nSPS) is 11.9. The molecule has 0 spiro atoms. The number of carboxylic acid groups (broad SMARTS) is 1. The molecule has 0 unspecified atom stereocenters. The molecule has 0 bridgehead atoms. The van der Waals surface area contributed by atoms with Crippen molar-refractivity contribution >= 4 is 47.3 Å². The first kappa shape index (κ1) is 29.9. The van der Waals surface area contributed by atoms with Crippen molar-refractivity contribution in [2.24, 2.45) is 26.4 Å². The number of carbonyl (C=O) groups excluding carboxylic acids is 3. The molecule has 0 saturated carbocycles. The lowest BCUT2D eigenvalue weighted by molar-refractivity contribution is -0.141. The minimum Gasteiger partial charge on any atom is -0.481 e. The van der Waals surface area contributed by atoms with E-state index in [9.17, 15) is 19.2 Å². The predicted molar refractivity (Wildman–Crippen MR) is 144 cm³/mol. The Morgan fingerprint density at radius 2 is 1.82 bits per heavy atom. The minimum absolute atomic E-state index is 0.0495. The van der Waals surface area contributed by atoms with Gasteiger partial charge >= 0.3 is 5.97 Å². The maximum absolute atomic E-state index is 13.2. The van der Waals surface area contributed by atoms with Crippen LogP contribution < -0.4 is 22.2 Å². The maximum Gasteiger partial charge on any atom is 0.303 e. The monoisotopic (exact) mass is 529 g/mol. The smallest absolute Gasteiger partial charge is 0.303 e. The van der Waals surface area contributed by atoms with E-state index in [2.05, 4.69) is 25.7 Å². The van der Waals surface area contributed by atoms with Crippen molar-refractivity contribution < 1.29 is 24.3 Å². The molecule has 1 aromatic carbocycles. The van der Waals surface area contributed by atoms with Gasteiger partial charge in [0.2, 0.25) is 5.91 Å². The molecule has 1 heterocycles. The number of anilines is 1. The lowest BCUT2D eigenvalue weighted by Gasteiger charge is -2.28. The molecule has 0 aromatic heterocycles. The molecular weight excluding hydrogens is 494 g/mol. The minimum atomic E-state index is -1.10. The van der Waals surface area contributed by atoms with Crippen LogP contribution in [0, 0.1) is 0 Å². The number of aliphatic carboxylic acids is 1. The number of amides is 2. The standard InChI is InChI=1S/C24H35N9O5/c25-24(26)30-10-4-14-32(16-19(34)7-8-23(37)38)22(36)17-33(31-18-5-2-1-3-6-18)21(35)15-27-11-9-20-28-12-13-29-20/h1-3,5-6,12,27,31H,4,7-11,13-17H2,(H,37,38)(H4,25,26,30). The number of hydrogen-bond acceptors (Lipinski definition) is 9. The van der Waals surface area contributed by atoms with Gasteiger partial charge in [0.05, 0.1) is 31.7 Å². The second-order valence-electron chi connectivity index (χ2n) is 8.36. The van der Waals surface area contributed by atoms with Crippen molar-refractivity contribution in [1.82, 2.24) is 15.2 Å². The number of carbonyl (C=O) groups is 4. The van der Waals surface area contributed by atoms with Crippen LogP contribution >= 0.6 is 0 Å². The van der Waals surface area contributed by atoms with Gasteiger partial charge in [0.15, 0.2) is 11.7 Å². The van der Waals surface area contributed by atoms with E-state index in [1.807, 2.05) is 6.07 Å². The Bertz CT molecular complexity index is 1040. The van der Waals surface area contributed by atoms with Crippen LogP contribution in [-0.4, -0.2) is 102 Å².